The largest absolute Gasteiger partial charge is 0.338 e. The fraction of sp³-hybridized carbons (Fsp3) is 0.235. The second-order valence-electron chi connectivity index (χ2n) is 5.33. The van der Waals surface area contributed by atoms with E-state index in [1.54, 1.807) is 12.5 Å². The van der Waals surface area contributed by atoms with Crippen LogP contribution in [0.3, 0.4) is 0 Å². The molecule has 2 N–H and O–H groups in total. The average molecular weight is 341 g/mol. The lowest BCUT2D eigenvalue weighted by atomic mass is 10.2. The molecule has 0 aliphatic heterocycles. The van der Waals surface area contributed by atoms with Crippen molar-refractivity contribution in [3.05, 3.63) is 54.7 Å². The molecule has 0 bridgehead atoms. The average Bonchev–Trinajstić information content (AvgIpc) is 3.23. The number of rotatable bonds is 6. The molecule has 2 heterocycles. The summed E-state index contributed by atoms with van der Waals surface area (Å²) >= 11 is 1.48. The van der Waals surface area contributed by atoms with Gasteiger partial charge in [0.1, 0.15) is 10.0 Å². The van der Waals surface area contributed by atoms with Crippen LogP contribution >= 0.6 is 11.3 Å². The Kier molecular flexibility index (Phi) is 5.22. The molecule has 1 aromatic carbocycles. The first-order valence-electron chi connectivity index (χ1n) is 7.76. The van der Waals surface area contributed by atoms with E-state index in [9.17, 15) is 4.79 Å². The van der Waals surface area contributed by atoms with Gasteiger partial charge in [-0.3, -0.25) is 5.32 Å². The third-order valence-electron chi connectivity index (χ3n) is 3.48. The Hall–Kier alpha value is -2.67. The number of imidazole rings is 1. The van der Waals surface area contributed by atoms with E-state index < -0.39 is 0 Å². The number of carbonyl (C=O) groups excluding carboxylic acids is 1. The van der Waals surface area contributed by atoms with Gasteiger partial charge in [0.05, 0.1) is 12.0 Å². The second-order valence-corrected chi connectivity index (χ2v) is 6.33. The van der Waals surface area contributed by atoms with Crippen molar-refractivity contribution < 1.29 is 4.79 Å². The number of anilines is 1. The zero-order valence-corrected chi connectivity index (χ0v) is 14.2. The number of nitrogens with zero attached hydrogens (tertiary/aromatic N) is 3. The van der Waals surface area contributed by atoms with E-state index in [0.29, 0.717) is 6.54 Å². The lowest BCUT2D eigenvalue weighted by molar-refractivity contribution is 0.252. The number of benzene rings is 1. The van der Waals surface area contributed by atoms with Crippen LogP contribution in [0.2, 0.25) is 0 Å². The summed E-state index contributed by atoms with van der Waals surface area (Å²) in [6.45, 7) is 3.34. The zero-order chi connectivity index (χ0) is 16.8. The Morgan fingerprint density at radius 1 is 1.29 bits per heavy atom. The summed E-state index contributed by atoms with van der Waals surface area (Å²) < 4.78 is 1.99. The summed E-state index contributed by atoms with van der Waals surface area (Å²) in [6, 6.07) is 9.75. The van der Waals surface area contributed by atoms with Crippen LogP contribution in [-0.2, 0) is 6.54 Å². The molecule has 0 saturated carbocycles. The van der Waals surface area contributed by atoms with Crippen molar-refractivity contribution in [3.63, 3.8) is 0 Å². The topological polar surface area (TPSA) is 71.8 Å². The molecule has 0 aliphatic rings. The molecule has 0 fully saturated rings. The highest BCUT2D eigenvalue weighted by Gasteiger charge is 2.11. The number of urea groups is 1. The summed E-state index contributed by atoms with van der Waals surface area (Å²) in [5, 5.41) is 7.43. The monoisotopic (exact) mass is 341 g/mol. The Balaban J connectivity index is 1.50. The Morgan fingerprint density at radius 3 is 2.88 bits per heavy atom. The Labute approximate surface area is 144 Å². The maximum atomic E-state index is 12.0. The quantitative estimate of drug-likeness (QED) is 0.674. The highest BCUT2D eigenvalue weighted by molar-refractivity contribution is 7.19. The van der Waals surface area contributed by atoms with Gasteiger partial charge in [0.25, 0.3) is 0 Å². The molecule has 0 atom stereocenters. The predicted octanol–water partition coefficient (Wildman–Crippen LogP) is 3.53. The van der Waals surface area contributed by atoms with Gasteiger partial charge < -0.3 is 9.88 Å². The Bertz CT molecular complexity index is 783. The fourth-order valence-corrected chi connectivity index (χ4v) is 3.21. The first-order chi connectivity index (χ1) is 11.7. The number of thiazole rings is 1. The zero-order valence-electron chi connectivity index (χ0n) is 13.4. The van der Waals surface area contributed by atoms with E-state index in [0.717, 1.165) is 34.2 Å². The molecule has 3 aromatic rings. The van der Waals surface area contributed by atoms with Crippen LogP contribution in [0.15, 0.2) is 49.1 Å². The van der Waals surface area contributed by atoms with Crippen molar-refractivity contribution in [2.45, 2.75) is 19.9 Å². The van der Waals surface area contributed by atoms with Crippen molar-refractivity contribution in [1.29, 1.82) is 0 Å². The van der Waals surface area contributed by atoms with E-state index >= 15 is 0 Å². The first kappa shape index (κ1) is 16.2. The minimum Gasteiger partial charge on any atom is -0.338 e. The van der Waals surface area contributed by atoms with Gasteiger partial charge in [0, 0.05) is 31.0 Å². The molecular formula is C17H19N5OS. The van der Waals surface area contributed by atoms with Crippen LogP contribution in [-0.4, -0.2) is 27.1 Å². The molecule has 24 heavy (non-hydrogen) atoms. The number of carbonyl (C=O) groups is 1. The maximum Gasteiger partial charge on any atom is 0.319 e. The summed E-state index contributed by atoms with van der Waals surface area (Å²) in [6.07, 6.45) is 6.27. The van der Waals surface area contributed by atoms with Crippen molar-refractivity contribution in [3.8, 4) is 10.6 Å². The third-order valence-corrected chi connectivity index (χ3v) is 4.60. The SMILES string of the molecule is Cc1nc(-c2ccccc2)sc1NC(=O)NCCCn1ccnc1. The number of amides is 2. The lowest BCUT2D eigenvalue weighted by Gasteiger charge is -2.06. The highest BCUT2D eigenvalue weighted by atomic mass is 32.1. The number of hydrogen-bond acceptors (Lipinski definition) is 4. The minimum absolute atomic E-state index is 0.202. The van der Waals surface area contributed by atoms with E-state index in [-0.39, 0.29) is 6.03 Å². The van der Waals surface area contributed by atoms with E-state index in [2.05, 4.69) is 20.6 Å². The fourth-order valence-electron chi connectivity index (χ4n) is 2.25. The second kappa shape index (κ2) is 7.74. The molecule has 7 heteroatoms. The normalized spacial score (nSPS) is 10.5. The number of hydrogen-bond donors (Lipinski definition) is 2. The third kappa shape index (κ3) is 4.20. The summed E-state index contributed by atoms with van der Waals surface area (Å²) in [5.41, 5.74) is 1.88. The molecule has 0 radical (unpaired) electrons. The van der Waals surface area contributed by atoms with Crippen molar-refractivity contribution in [2.24, 2.45) is 0 Å². The molecule has 0 unspecified atom stereocenters. The summed E-state index contributed by atoms with van der Waals surface area (Å²) in [4.78, 5) is 20.5. The number of aryl methyl sites for hydroxylation is 2. The first-order valence-corrected chi connectivity index (χ1v) is 8.57. The highest BCUT2D eigenvalue weighted by Crippen LogP contribution is 2.31. The van der Waals surface area contributed by atoms with E-state index in [1.807, 2.05) is 48.0 Å². The predicted molar refractivity (Wildman–Crippen MR) is 96.2 cm³/mol. The van der Waals surface area contributed by atoms with Crippen LogP contribution in [0.4, 0.5) is 9.80 Å². The molecule has 2 amide bonds. The van der Waals surface area contributed by atoms with Crippen LogP contribution in [0, 0.1) is 6.92 Å². The molecule has 0 spiro atoms. The Morgan fingerprint density at radius 2 is 2.12 bits per heavy atom. The summed E-state index contributed by atoms with van der Waals surface area (Å²) in [5.74, 6) is 0. The van der Waals surface area contributed by atoms with Gasteiger partial charge in [-0.2, -0.15) is 0 Å². The molecular weight excluding hydrogens is 322 g/mol. The lowest BCUT2D eigenvalue weighted by Crippen LogP contribution is -2.29. The minimum atomic E-state index is -0.202. The van der Waals surface area contributed by atoms with Gasteiger partial charge in [-0.05, 0) is 13.3 Å². The standard InChI is InChI=1S/C17H19N5OS/c1-13-15(24-16(20-13)14-6-3-2-4-7-14)21-17(23)19-8-5-10-22-11-9-18-12-22/h2-4,6-7,9,11-12H,5,8,10H2,1H3,(H2,19,21,23). The van der Waals surface area contributed by atoms with Crippen LogP contribution in [0.25, 0.3) is 10.6 Å². The van der Waals surface area contributed by atoms with Crippen LogP contribution < -0.4 is 10.6 Å². The van der Waals surface area contributed by atoms with Crippen molar-refractivity contribution in [1.82, 2.24) is 19.9 Å². The molecule has 6 nitrogen and oxygen atoms in total. The van der Waals surface area contributed by atoms with Gasteiger partial charge >= 0.3 is 6.03 Å². The van der Waals surface area contributed by atoms with Crippen molar-refractivity contribution in [2.75, 3.05) is 11.9 Å². The maximum absolute atomic E-state index is 12.0. The van der Waals surface area contributed by atoms with E-state index in [1.165, 1.54) is 11.3 Å². The van der Waals surface area contributed by atoms with Gasteiger partial charge in [-0.1, -0.05) is 41.7 Å². The van der Waals surface area contributed by atoms with Gasteiger partial charge in [-0.25, -0.2) is 14.8 Å². The smallest absolute Gasteiger partial charge is 0.319 e. The van der Waals surface area contributed by atoms with E-state index in [4.69, 9.17) is 0 Å². The molecule has 3 rings (SSSR count). The number of nitrogens with one attached hydrogen (secondary N) is 2. The van der Waals surface area contributed by atoms with Gasteiger partial charge in [0.15, 0.2) is 0 Å². The number of aromatic nitrogens is 3. The van der Waals surface area contributed by atoms with Gasteiger partial charge in [0.2, 0.25) is 0 Å². The van der Waals surface area contributed by atoms with Gasteiger partial charge in [-0.15, -0.1) is 0 Å². The molecule has 0 saturated heterocycles. The summed E-state index contributed by atoms with van der Waals surface area (Å²) in [7, 11) is 0. The van der Waals surface area contributed by atoms with Crippen molar-refractivity contribution >= 4 is 22.4 Å². The molecule has 124 valence electrons. The molecule has 2 aromatic heterocycles. The molecule has 0 aliphatic carbocycles. The van der Waals surface area contributed by atoms with Crippen LogP contribution in [0.5, 0.6) is 0 Å². The van der Waals surface area contributed by atoms with Crippen LogP contribution in [0.1, 0.15) is 12.1 Å².